The molecular formula is C24H26N4O3. The van der Waals surface area contributed by atoms with Crippen molar-refractivity contribution in [3.8, 4) is 11.3 Å². The lowest BCUT2D eigenvalue weighted by molar-refractivity contribution is -0.122. The second-order valence-corrected chi connectivity index (χ2v) is 7.66. The van der Waals surface area contributed by atoms with E-state index in [1.165, 1.54) is 0 Å². The summed E-state index contributed by atoms with van der Waals surface area (Å²) in [5.41, 5.74) is 3.02. The molecule has 1 aliphatic heterocycles. The zero-order chi connectivity index (χ0) is 21.6. The fourth-order valence-electron chi connectivity index (χ4n) is 3.74. The fraction of sp³-hybridized carbons (Fsp3) is 0.292. The Morgan fingerprint density at radius 2 is 1.61 bits per heavy atom. The second kappa shape index (κ2) is 9.57. The van der Waals surface area contributed by atoms with Crippen LogP contribution in [0, 0.1) is 6.92 Å². The monoisotopic (exact) mass is 418 g/mol. The van der Waals surface area contributed by atoms with Crippen LogP contribution in [0.5, 0.6) is 0 Å². The van der Waals surface area contributed by atoms with Gasteiger partial charge in [-0.1, -0.05) is 65.8 Å². The number of carbonyl (C=O) groups excluding carboxylic acids is 2. The van der Waals surface area contributed by atoms with E-state index in [0.29, 0.717) is 56.3 Å². The van der Waals surface area contributed by atoms with Crippen LogP contribution in [0.25, 0.3) is 11.3 Å². The highest BCUT2D eigenvalue weighted by Crippen LogP contribution is 2.26. The van der Waals surface area contributed by atoms with Crippen LogP contribution in [0.3, 0.4) is 0 Å². The molecule has 1 saturated heterocycles. The summed E-state index contributed by atoms with van der Waals surface area (Å²) < 4.78 is 5.34. The van der Waals surface area contributed by atoms with Crippen molar-refractivity contribution >= 4 is 11.8 Å². The lowest BCUT2D eigenvalue weighted by Crippen LogP contribution is -2.51. The summed E-state index contributed by atoms with van der Waals surface area (Å²) >= 11 is 0. The third-order valence-corrected chi connectivity index (χ3v) is 5.48. The summed E-state index contributed by atoms with van der Waals surface area (Å²) in [5.74, 6) is 0.433. The van der Waals surface area contributed by atoms with Crippen LogP contribution in [0.4, 0.5) is 0 Å². The standard InChI is InChI=1S/C24H26N4O3/c1-18-22(23(26-31-18)20-10-6-3-7-11-20)24(30)28-14-12-27(13-15-28)17-21(29)25-16-19-8-4-2-5-9-19/h2-11H,12-17H2,1H3,(H,25,29). The number of aromatic nitrogens is 1. The number of aryl methyl sites for hydroxylation is 1. The van der Waals surface area contributed by atoms with Gasteiger partial charge in [0.05, 0.1) is 6.54 Å². The van der Waals surface area contributed by atoms with Crippen molar-refractivity contribution in [2.24, 2.45) is 0 Å². The van der Waals surface area contributed by atoms with Gasteiger partial charge in [0, 0.05) is 38.3 Å². The largest absolute Gasteiger partial charge is 0.360 e. The molecule has 1 aliphatic rings. The van der Waals surface area contributed by atoms with Crippen molar-refractivity contribution in [2.75, 3.05) is 32.7 Å². The van der Waals surface area contributed by atoms with Gasteiger partial charge in [-0.2, -0.15) is 0 Å². The second-order valence-electron chi connectivity index (χ2n) is 7.66. The van der Waals surface area contributed by atoms with E-state index in [0.717, 1.165) is 11.1 Å². The predicted octanol–water partition coefficient (Wildman–Crippen LogP) is 2.72. The fourth-order valence-corrected chi connectivity index (χ4v) is 3.74. The number of nitrogens with zero attached hydrogens (tertiary/aromatic N) is 3. The number of nitrogens with one attached hydrogen (secondary N) is 1. The van der Waals surface area contributed by atoms with Crippen LogP contribution in [-0.4, -0.2) is 59.5 Å². The summed E-state index contributed by atoms with van der Waals surface area (Å²) in [6, 6.07) is 19.4. The first-order valence-corrected chi connectivity index (χ1v) is 10.5. The van der Waals surface area contributed by atoms with Gasteiger partial charge in [-0.15, -0.1) is 0 Å². The Labute approximate surface area is 181 Å². The van der Waals surface area contributed by atoms with Gasteiger partial charge < -0.3 is 14.7 Å². The van der Waals surface area contributed by atoms with Crippen LogP contribution in [0.15, 0.2) is 65.2 Å². The first-order valence-electron chi connectivity index (χ1n) is 10.5. The number of benzene rings is 2. The van der Waals surface area contributed by atoms with Gasteiger partial charge in [0.25, 0.3) is 5.91 Å². The van der Waals surface area contributed by atoms with E-state index in [9.17, 15) is 9.59 Å². The summed E-state index contributed by atoms with van der Waals surface area (Å²) in [7, 11) is 0. The third kappa shape index (κ3) is 5.00. The Morgan fingerprint density at radius 1 is 0.968 bits per heavy atom. The van der Waals surface area contributed by atoms with Gasteiger partial charge in [-0.3, -0.25) is 14.5 Å². The molecule has 2 heterocycles. The number of hydrogen-bond donors (Lipinski definition) is 1. The molecule has 0 spiro atoms. The van der Waals surface area contributed by atoms with E-state index < -0.39 is 0 Å². The first-order chi connectivity index (χ1) is 15.1. The van der Waals surface area contributed by atoms with E-state index in [1.54, 1.807) is 6.92 Å². The minimum Gasteiger partial charge on any atom is -0.360 e. The minimum atomic E-state index is -0.0780. The van der Waals surface area contributed by atoms with E-state index in [1.807, 2.05) is 65.6 Å². The van der Waals surface area contributed by atoms with E-state index >= 15 is 0 Å². The van der Waals surface area contributed by atoms with Crippen LogP contribution < -0.4 is 5.32 Å². The lowest BCUT2D eigenvalue weighted by atomic mass is 10.0. The van der Waals surface area contributed by atoms with Crippen molar-refractivity contribution in [3.05, 3.63) is 77.6 Å². The summed E-state index contributed by atoms with van der Waals surface area (Å²) in [6.07, 6.45) is 0. The number of piperazine rings is 1. The minimum absolute atomic E-state index is 0.00938. The highest BCUT2D eigenvalue weighted by atomic mass is 16.5. The normalized spacial score (nSPS) is 14.4. The van der Waals surface area contributed by atoms with Crippen molar-refractivity contribution < 1.29 is 14.1 Å². The zero-order valence-electron chi connectivity index (χ0n) is 17.6. The number of hydrogen-bond acceptors (Lipinski definition) is 5. The molecule has 1 aromatic heterocycles. The highest BCUT2D eigenvalue weighted by Gasteiger charge is 2.29. The van der Waals surface area contributed by atoms with Gasteiger partial charge in [0.1, 0.15) is 17.0 Å². The number of amides is 2. The predicted molar refractivity (Wildman–Crippen MR) is 117 cm³/mol. The Morgan fingerprint density at radius 3 is 2.29 bits per heavy atom. The maximum absolute atomic E-state index is 13.2. The molecule has 4 rings (SSSR count). The maximum Gasteiger partial charge on any atom is 0.259 e. The molecule has 1 fully saturated rings. The van der Waals surface area contributed by atoms with Crippen LogP contribution in [0.2, 0.25) is 0 Å². The van der Waals surface area contributed by atoms with Crippen molar-refractivity contribution in [2.45, 2.75) is 13.5 Å². The molecule has 0 saturated carbocycles. The molecule has 31 heavy (non-hydrogen) atoms. The molecule has 0 radical (unpaired) electrons. The Hall–Kier alpha value is -3.45. The SMILES string of the molecule is Cc1onc(-c2ccccc2)c1C(=O)N1CCN(CC(=O)NCc2ccccc2)CC1. The molecule has 7 heteroatoms. The molecule has 0 unspecified atom stereocenters. The van der Waals surface area contributed by atoms with Crippen LogP contribution in [0.1, 0.15) is 21.7 Å². The lowest BCUT2D eigenvalue weighted by Gasteiger charge is -2.34. The zero-order valence-corrected chi connectivity index (χ0v) is 17.6. The van der Waals surface area contributed by atoms with Gasteiger partial charge >= 0.3 is 0 Å². The highest BCUT2D eigenvalue weighted by molar-refractivity contribution is 6.00. The third-order valence-electron chi connectivity index (χ3n) is 5.48. The van der Waals surface area contributed by atoms with Gasteiger partial charge in [-0.05, 0) is 12.5 Å². The molecule has 0 aliphatic carbocycles. The molecular weight excluding hydrogens is 392 g/mol. The van der Waals surface area contributed by atoms with Crippen LogP contribution in [-0.2, 0) is 11.3 Å². The van der Waals surface area contributed by atoms with Crippen molar-refractivity contribution in [3.63, 3.8) is 0 Å². The quantitative estimate of drug-likeness (QED) is 0.666. The summed E-state index contributed by atoms with van der Waals surface area (Å²) in [4.78, 5) is 29.4. The van der Waals surface area contributed by atoms with Gasteiger partial charge in [0.2, 0.25) is 5.91 Å². The molecule has 2 amide bonds. The topological polar surface area (TPSA) is 78.7 Å². The van der Waals surface area contributed by atoms with E-state index in [2.05, 4.69) is 15.4 Å². The average molecular weight is 418 g/mol. The van der Waals surface area contributed by atoms with E-state index in [4.69, 9.17) is 4.52 Å². The Balaban J connectivity index is 1.32. The maximum atomic E-state index is 13.2. The molecule has 0 bridgehead atoms. The molecule has 160 valence electrons. The smallest absolute Gasteiger partial charge is 0.259 e. The molecule has 7 nitrogen and oxygen atoms in total. The first kappa shape index (κ1) is 20.8. The van der Waals surface area contributed by atoms with Crippen molar-refractivity contribution in [1.29, 1.82) is 0 Å². The summed E-state index contributed by atoms with van der Waals surface area (Å²) in [6.45, 7) is 5.03. The van der Waals surface area contributed by atoms with Gasteiger partial charge in [-0.25, -0.2) is 0 Å². The Bertz CT molecular complexity index is 1030. The average Bonchev–Trinajstić information content (AvgIpc) is 3.20. The number of carbonyl (C=O) groups is 2. The molecule has 2 aromatic carbocycles. The van der Waals surface area contributed by atoms with Crippen LogP contribution >= 0.6 is 0 Å². The Kier molecular flexibility index (Phi) is 6.43. The summed E-state index contributed by atoms with van der Waals surface area (Å²) in [5, 5.41) is 7.07. The van der Waals surface area contributed by atoms with Crippen molar-refractivity contribution in [1.82, 2.24) is 20.3 Å². The molecule has 0 atom stereocenters. The van der Waals surface area contributed by atoms with Gasteiger partial charge in [0.15, 0.2) is 0 Å². The number of rotatable bonds is 6. The molecule has 3 aromatic rings. The van der Waals surface area contributed by atoms with E-state index in [-0.39, 0.29) is 11.8 Å². The molecule has 1 N–H and O–H groups in total.